The fourth-order valence-electron chi connectivity index (χ4n) is 2.58. The summed E-state index contributed by atoms with van der Waals surface area (Å²) in [6.07, 6.45) is -4.07. The van der Waals surface area contributed by atoms with Gasteiger partial charge in [0.15, 0.2) is 16.8 Å². The van der Waals surface area contributed by atoms with Crippen LogP contribution in [0.5, 0.6) is 0 Å². The van der Waals surface area contributed by atoms with Crippen LogP contribution in [-0.4, -0.2) is 17.1 Å². The summed E-state index contributed by atoms with van der Waals surface area (Å²) in [7, 11) is 0. The smallest absolute Gasteiger partial charge is 0.426 e. The molecule has 0 bridgehead atoms. The Morgan fingerprint density at radius 3 is 2.38 bits per heavy atom. The molecule has 2 atom stereocenters. The number of pyridine rings is 1. The van der Waals surface area contributed by atoms with Crippen molar-refractivity contribution in [2.75, 3.05) is 0 Å². The standard InChI is InChI=1S/C15H11Cl2F6NO2/c1-14(2)6(3-7(16)15(21,22)23)8(14)13(25)26-4-5-9(18)11(17)24-12(20)10(5)19/h3,6,8H,4H2,1-2H3/b7-3-. The Hall–Kier alpha value is -1.48. The summed E-state index contributed by atoms with van der Waals surface area (Å²) < 4.78 is 82.6. The lowest BCUT2D eigenvalue weighted by molar-refractivity contribution is -0.147. The quantitative estimate of drug-likeness (QED) is 0.383. The van der Waals surface area contributed by atoms with Gasteiger partial charge in [0.25, 0.3) is 5.95 Å². The maximum absolute atomic E-state index is 13.7. The van der Waals surface area contributed by atoms with Crippen LogP contribution in [-0.2, 0) is 16.1 Å². The highest BCUT2D eigenvalue weighted by Gasteiger charge is 2.62. The normalized spacial score (nSPS) is 22.3. The topological polar surface area (TPSA) is 39.2 Å². The Morgan fingerprint density at radius 2 is 1.85 bits per heavy atom. The van der Waals surface area contributed by atoms with Crippen molar-refractivity contribution in [3.8, 4) is 0 Å². The molecule has 0 spiro atoms. The van der Waals surface area contributed by atoms with Crippen molar-refractivity contribution >= 4 is 29.2 Å². The fourth-order valence-corrected chi connectivity index (χ4v) is 2.90. The SMILES string of the molecule is CC1(C)C(/C=C(\Cl)C(F)(F)F)C1C(=O)OCc1c(F)c(F)nc(Cl)c1F. The number of allylic oxidation sites excluding steroid dienone is 2. The molecule has 3 nitrogen and oxygen atoms in total. The number of rotatable bonds is 4. The Kier molecular flexibility index (Phi) is 5.54. The molecule has 0 amide bonds. The molecule has 1 aliphatic carbocycles. The van der Waals surface area contributed by atoms with Crippen LogP contribution in [0, 0.1) is 34.8 Å². The summed E-state index contributed by atoms with van der Waals surface area (Å²) in [5, 5.41) is -2.33. The van der Waals surface area contributed by atoms with E-state index in [0.29, 0.717) is 6.08 Å². The number of halogens is 8. The predicted octanol–water partition coefficient (Wildman–Crippen LogP) is 5.15. The molecule has 0 aromatic carbocycles. The molecule has 144 valence electrons. The van der Waals surface area contributed by atoms with Crippen LogP contribution in [0.15, 0.2) is 11.1 Å². The molecule has 0 N–H and O–H groups in total. The molecule has 1 aromatic heterocycles. The van der Waals surface area contributed by atoms with Crippen LogP contribution in [0.1, 0.15) is 19.4 Å². The van der Waals surface area contributed by atoms with E-state index in [1.165, 1.54) is 13.8 Å². The monoisotopic (exact) mass is 421 g/mol. The van der Waals surface area contributed by atoms with Crippen LogP contribution in [0.25, 0.3) is 0 Å². The lowest BCUT2D eigenvalue weighted by Gasteiger charge is -2.08. The van der Waals surface area contributed by atoms with E-state index in [-0.39, 0.29) is 0 Å². The zero-order valence-electron chi connectivity index (χ0n) is 13.2. The Morgan fingerprint density at radius 1 is 1.27 bits per heavy atom. The summed E-state index contributed by atoms with van der Waals surface area (Å²) in [5.41, 5.74) is -1.85. The highest BCUT2D eigenvalue weighted by atomic mass is 35.5. The molecule has 26 heavy (non-hydrogen) atoms. The van der Waals surface area contributed by atoms with Crippen molar-refractivity contribution in [1.82, 2.24) is 4.98 Å². The van der Waals surface area contributed by atoms with E-state index in [0.717, 1.165) is 0 Å². The van der Waals surface area contributed by atoms with Gasteiger partial charge in [-0.3, -0.25) is 4.79 Å². The molecular formula is C15H11Cl2F6NO2. The van der Waals surface area contributed by atoms with Crippen molar-refractivity contribution in [1.29, 1.82) is 0 Å². The maximum Gasteiger partial charge on any atom is 0.426 e. The zero-order valence-corrected chi connectivity index (χ0v) is 14.7. The van der Waals surface area contributed by atoms with E-state index in [1.807, 2.05) is 0 Å². The summed E-state index contributed by atoms with van der Waals surface area (Å²) >= 11 is 10.4. The molecule has 0 radical (unpaired) electrons. The number of hydrogen-bond acceptors (Lipinski definition) is 3. The maximum atomic E-state index is 13.7. The van der Waals surface area contributed by atoms with Crippen molar-refractivity contribution in [3.05, 3.63) is 39.4 Å². The van der Waals surface area contributed by atoms with Crippen molar-refractivity contribution in [2.24, 2.45) is 17.3 Å². The molecular weight excluding hydrogens is 411 g/mol. The Bertz CT molecular complexity index is 752. The minimum atomic E-state index is -4.76. The van der Waals surface area contributed by atoms with Gasteiger partial charge in [-0.05, 0) is 11.3 Å². The van der Waals surface area contributed by atoms with Crippen molar-refractivity contribution in [2.45, 2.75) is 26.6 Å². The van der Waals surface area contributed by atoms with Crippen LogP contribution in [0.3, 0.4) is 0 Å². The third-order valence-corrected chi connectivity index (χ3v) is 4.80. The van der Waals surface area contributed by atoms with Gasteiger partial charge in [-0.2, -0.15) is 17.6 Å². The number of alkyl halides is 3. The number of ether oxygens (including phenoxy) is 1. The first-order chi connectivity index (χ1) is 11.8. The predicted molar refractivity (Wildman–Crippen MR) is 79.7 cm³/mol. The van der Waals surface area contributed by atoms with Crippen LogP contribution in [0.2, 0.25) is 5.15 Å². The minimum absolute atomic E-state index is 0.692. The number of carbonyl (C=O) groups is 1. The molecule has 1 aliphatic rings. The van der Waals surface area contributed by atoms with E-state index in [4.69, 9.17) is 27.9 Å². The number of aromatic nitrogens is 1. The van der Waals surface area contributed by atoms with E-state index >= 15 is 0 Å². The number of carbonyl (C=O) groups excluding carboxylic acids is 1. The second-order valence-electron chi connectivity index (χ2n) is 6.24. The second-order valence-corrected chi connectivity index (χ2v) is 7.01. The summed E-state index contributed by atoms with van der Waals surface area (Å²) in [6, 6.07) is 0. The van der Waals surface area contributed by atoms with Crippen molar-refractivity contribution in [3.63, 3.8) is 0 Å². The highest BCUT2D eigenvalue weighted by molar-refractivity contribution is 6.30. The fraction of sp³-hybridized carbons (Fsp3) is 0.467. The first-order valence-corrected chi connectivity index (χ1v) is 7.84. The van der Waals surface area contributed by atoms with Gasteiger partial charge < -0.3 is 4.74 Å². The van der Waals surface area contributed by atoms with Crippen LogP contribution < -0.4 is 0 Å². The van der Waals surface area contributed by atoms with Gasteiger partial charge in [0, 0.05) is 0 Å². The molecule has 1 saturated carbocycles. The van der Waals surface area contributed by atoms with Crippen LogP contribution >= 0.6 is 23.2 Å². The zero-order chi connectivity index (χ0) is 20.0. The lowest BCUT2D eigenvalue weighted by atomic mass is 10.1. The van der Waals surface area contributed by atoms with E-state index < -0.39 is 69.3 Å². The summed E-state index contributed by atoms with van der Waals surface area (Å²) in [4.78, 5) is 14.8. The molecule has 2 rings (SSSR count). The number of nitrogens with zero attached hydrogens (tertiary/aromatic N) is 1. The van der Waals surface area contributed by atoms with Gasteiger partial charge in [0.05, 0.1) is 11.5 Å². The van der Waals surface area contributed by atoms with Gasteiger partial charge in [-0.15, -0.1) is 0 Å². The molecule has 2 unspecified atom stereocenters. The molecule has 0 aliphatic heterocycles. The van der Waals surface area contributed by atoms with Crippen LogP contribution in [0.4, 0.5) is 26.3 Å². The van der Waals surface area contributed by atoms with Gasteiger partial charge >= 0.3 is 12.1 Å². The average molecular weight is 422 g/mol. The van der Waals surface area contributed by atoms with Gasteiger partial charge in [-0.1, -0.05) is 43.1 Å². The van der Waals surface area contributed by atoms with E-state index in [2.05, 4.69) is 4.98 Å². The first kappa shape index (κ1) is 20.8. The van der Waals surface area contributed by atoms with Gasteiger partial charge in [-0.25, -0.2) is 13.8 Å². The minimum Gasteiger partial charge on any atom is -0.460 e. The summed E-state index contributed by atoms with van der Waals surface area (Å²) in [6.45, 7) is 2.02. The largest absolute Gasteiger partial charge is 0.460 e. The Balaban J connectivity index is 2.13. The molecule has 1 heterocycles. The lowest BCUT2D eigenvalue weighted by Crippen LogP contribution is -2.13. The third kappa shape index (κ3) is 3.93. The number of hydrogen-bond donors (Lipinski definition) is 0. The van der Waals surface area contributed by atoms with E-state index in [9.17, 15) is 31.1 Å². The molecule has 11 heteroatoms. The van der Waals surface area contributed by atoms with Gasteiger partial charge in [0.2, 0.25) is 0 Å². The summed E-state index contributed by atoms with van der Waals surface area (Å²) in [5.74, 6) is -7.64. The first-order valence-electron chi connectivity index (χ1n) is 7.08. The Labute approximate surface area is 153 Å². The third-order valence-electron chi connectivity index (χ3n) is 4.21. The molecule has 1 fully saturated rings. The van der Waals surface area contributed by atoms with Crippen molar-refractivity contribution < 1.29 is 35.9 Å². The molecule has 1 aromatic rings. The average Bonchev–Trinajstić information content (AvgIpc) is 3.04. The molecule has 0 saturated heterocycles. The highest BCUT2D eigenvalue weighted by Crippen LogP contribution is 2.60. The second kappa shape index (κ2) is 6.92. The van der Waals surface area contributed by atoms with E-state index in [1.54, 1.807) is 0 Å². The van der Waals surface area contributed by atoms with Gasteiger partial charge in [0.1, 0.15) is 11.6 Å². The number of esters is 1.